The fourth-order valence-corrected chi connectivity index (χ4v) is 0.644. The monoisotopic (exact) mass is 175 g/mol. The Morgan fingerprint density at radius 3 is 2.64 bits per heavy atom. The maximum absolute atomic E-state index is 12.6. The lowest BCUT2D eigenvalue weighted by Gasteiger charge is -2.08. The summed E-state index contributed by atoms with van der Waals surface area (Å²) < 4.78 is 12.6. The van der Waals surface area contributed by atoms with Gasteiger partial charge in [-0.05, 0) is 0 Å². The maximum Gasteiger partial charge on any atom is 0.236 e. The van der Waals surface area contributed by atoms with Crippen molar-refractivity contribution in [3.63, 3.8) is 0 Å². The molecule has 0 amide bonds. The summed E-state index contributed by atoms with van der Waals surface area (Å²) in [7, 11) is 3.45. The van der Waals surface area contributed by atoms with E-state index in [0.29, 0.717) is 5.95 Å². The average Bonchev–Trinajstić information content (AvgIpc) is 1.94. The Kier molecular flexibility index (Phi) is 2.24. The number of halogens is 2. The van der Waals surface area contributed by atoms with Crippen molar-refractivity contribution in [2.45, 2.75) is 0 Å². The van der Waals surface area contributed by atoms with Crippen LogP contribution in [0, 0.1) is 5.95 Å². The smallest absolute Gasteiger partial charge is 0.236 e. The van der Waals surface area contributed by atoms with Crippen LogP contribution in [-0.2, 0) is 0 Å². The summed E-state index contributed by atoms with van der Waals surface area (Å²) in [4.78, 5) is 8.87. The van der Waals surface area contributed by atoms with Crippen LogP contribution in [0.25, 0.3) is 0 Å². The third kappa shape index (κ3) is 1.77. The van der Waals surface area contributed by atoms with Crippen LogP contribution in [0.2, 0.25) is 5.02 Å². The van der Waals surface area contributed by atoms with Crippen LogP contribution in [0.1, 0.15) is 0 Å². The number of hydrogen-bond donors (Lipinski definition) is 0. The molecule has 0 radical (unpaired) electrons. The predicted molar refractivity (Wildman–Crippen MR) is 41.3 cm³/mol. The van der Waals surface area contributed by atoms with Crippen molar-refractivity contribution < 1.29 is 4.39 Å². The van der Waals surface area contributed by atoms with Gasteiger partial charge in [-0.25, -0.2) is 4.98 Å². The molecule has 1 rings (SSSR count). The van der Waals surface area contributed by atoms with Crippen molar-refractivity contribution in [3.8, 4) is 0 Å². The van der Waals surface area contributed by atoms with Crippen LogP contribution < -0.4 is 4.90 Å². The van der Waals surface area contributed by atoms with E-state index in [2.05, 4.69) is 9.97 Å². The SMILES string of the molecule is CN(C)c1ncc(Cl)c(F)n1. The Balaban J connectivity index is 3.05. The van der Waals surface area contributed by atoms with E-state index < -0.39 is 5.95 Å². The normalized spacial score (nSPS) is 9.82. The van der Waals surface area contributed by atoms with Gasteiger partial charge in [0, 0.05) is 14.1 Å². The summed E-state index contributed by atoms with van der Waals surface area (Å²) in [5.41, 5.74) is 0. The van der Waals surface area contributed by atoms with E-state index in [1.807, 2.05) is 0 Å². The Bertz CT molecular complexity index is 264. The molecule has 1 aromatic heterocycles. The number of nitrogens with zero attached hydrogens (tertiary/aromatic N) is 3. The van der Waals surface area contributed by atoms with E-state index in [9.17, 15) is 4.39 Å². The molecule has 3 nitrogen and oxygen atoms in total. The van der Waals surface area contributed by atoms with Crippen LogP contribution in [0.5, 0.6) is 0 Å². The molecular weight excluding hydrogens is 169 g/mol. The molecule has 0 unspecified atom stereocenters. The second-order valence-electron chi connectivity index (χ2n) is 2.20. The van der Waals surface area contributed by atoms with Crippen LogP contribution in [0.15, 0.2) is 6.20 Å². The molecular formula is C6H7ClFN3. The molecule has 0 saturated heterocycles. The van der Waals surface area contributed by atoms with Gasteiger partial charge < -0.3 is 4.90 Å². The molecule has 0 aliphatic rings. The summed E-state index contributed by atoms with van der Waals surface area (Å²) >= 11 is 5.37. The fraction of sp³-hybridized carbons (Fsp3) is 0.333. The first-order chi connectivity index (χ1) is 5.11. The zero-order valence-electron chi connectivity index (χ0n) is 6.17. The van der Waals surface area contributed by atoms with Crippen molar-refractivity contribution in [1.82, 2.24) is 9.97 Å². The van der Waals surface area contributed by atoms with Gasteiger partial charge in [-0.15, -0.1) is 0 Å². The fourth-order valence-electron chi connectivity index (χ4n) is 0.553. The van der Waals surface area contributed by atoms with Gasteiger partial charge in [0.05, 0.1) is 6.20 Å². The van der Waals surface area contributed by atoms with Gasteiger partial charge in [0.2, 0.25) is 11.9 Å². The average molecular weight is 176 g/mol. The predicted octanol–water partition coefficient (Wildman–Crippen LogP) is 1.34. The van der Waals surface area contributed by atoms with Gasteiger partial charge in [-0.3, -0.25) is 0 Å². The first-order valence-electron chi connectivity index (χ1n) is 2.96. The van der Waals surface area contributed by atoms with Crippen molar-refractivity contribution in [3.05, 3.63) is 17.2 Å². The first kappa shape index (κ1) is 8.20. The van der Waals surface area contributed by atoms with E-state index in [1.165, 1.54) is 6.20 Å². The summed E-state index contributed by atoms with van der Waals surface area (Å²) in [6.45, 7) is 0. The topological polar surface area (TPSA) is 29.0 Å². The molecule has 0 atom stereocenters. The largest absolute Gasteiger partial charge is 0.347 e. The summed E-state index contributed by atoms with van der Waals surface area (Å²) in [5.74, 6) is -0.378. The maximum atomic E-state index is 12.6. The lowest BCUT2D eigenvalue weighted by Crippen LogP contribution is -2.13. The Morgan fingerprint density at radius 1 is 1.55 bits per heavy atom. The van der Waals surface area contributed by atoms with Gasteiger partial charge >= 0.3 is 0 Å². The highest BCUT2D eigenvalue weighted by Crippen LogP contribution is 2.12. The van der Waals surface area contributed by atoms with Crippen molar-refractivity contribution in [2.24, 2.45) is 0 Å². The van der Waals surface area contributed by atoms with E-state index in [4.69, 9.17) is 11.6 Å². The molecule has 0 N–H and O–H groups in total. The molecule has 60 valence electrons. The van der Waals surface area contributed by atoms with Crippen LogP contribution in [0.4, 0.5) is 10.3 Å². The van der Waals surface area contributed by atoms with Gasteiger partial charge in [0.15, 0.2) is 0 Å². The Hall–Kier alpha value is -0.900. The third-order valence-electron chi connectivity index (χ3n) is 1.09. The zero-order valence-corrected chi connectivity index (χ0v) is 6.93. The lowest BCUT2D eigenvalue weighted by atomic mass is 10.6. The highest BCUT2D eigenvalue weighted by Gasteiger charge is 2.04. The Morgan fingerprint density at radius 2 is 2.18 bits per heavy atom. The second kappa shape index (κ2) is 3.00. The number of rotatable bonds is 1. The zero-order chi connectivity index (χ0) is 8.43. The molecule has 1 aromatic rings. The number of hydrogen-bond acceptors (Lipinski definition) is 3. The van der Waals surface area contributed by atoms with E-state index in [0.717, 1.165) is 0 Å². The summed E-state index contributed by atoms with van der Waals surface area (Å²) in [5, 5.41) is -0.0596. The van der Waals surface area contributed by atoms with Crippen LogP contribution in [0.3, 0.4) is 0 Å². The number of aromatic nitrogens is 2. The van der Waals surface area contributed by atoms with Crippen molar-refractivity contribution >= 4 is 17.5 Å². The molecule has 11 heavy (non-hydrogen) atoms. The molecule has 1 heterocycles. The van der Waals surface area contributed by atoms with Gasteiger partial charge in [-0.1, -0.05) is 11.6 Å². The van der Waals surface area contributed by atoms with E-state index in [1.54, 1.807) is 19.0 Å². The van der Waals surface area contributed by atoms with Crippen molar-refractivity contribution in [2.75, 3.05) is 19.0 Å². The number of anilines is 1. The second-order valence-corrected chi connectivity index (χ2v) is 2.61. The van der Waals surface area contributed by atoms with Gasteiger partial charge in [0.25, 0.3) is 0 Å². The first-order valence-corrected chi connectivity index (χ1v) is 3.34. The van der Waals surface area contributed by atoms with Gasteiger partial charge in [-0.2, -0.15) is 9.37 Å². The van der Waals surface area contributed by atoms with E-state index in [-0.39, 0.29) is 5.02 Å². The van der Waals surface area contributed by atoms with Crippen molar-refractivity contribution in [1.29, 1.82) is 0 Å². The highest BCUT2D eigenvalue weighted by atomic mass is 35.5. The molecule has 0 aliphatic carbocycles. The molecule has 0 saturated carbocycles. The minimum Gasteiger partial charge on any atom is -0.347 e. The summed E-state index contributed by atoms with van der Waals surface area (Å²) in [6, 6.07) is 0. The molecule has 0 aliphatic heterocycles. The third-order valence-corrected chi connectivity index (χ3v) is 1.34. The minimum absolute atomic E-state index is 0.0596. The molecule has 0 fully saturated rings. The van der Waals surface area contributed by atoms with Crippen LogP contribution in [-0.4, -0.2) is 24.1 Å². The molecule has 0 spiro atoms. The molecule has 0 bridgehead atoms. The van der Waals surface area contributed by atoms with E-state index >= 15 is 0 Å². The summed E-state index contributed by atoms with van der Waals surface area (Å²) in [6.07, 6.45) is 1.24. The molecule has 0 aromatic carbocycles. The quantitative estimate of drug-likeness (QED) is 0.603. The highest BCUT2D eigenvalue weighted by molar-refractivity contribution is 6.30. The van der Waals surface area contributed by atoms with Crippen LogP contribution >= 0.6 is 11.6 Å². The Labute approximate surface area is 68.8 Å². The van der Waals surface area contributed by atoms with Gasteiger partial charge in [0.1, 0.15) is 5.02 Å². The molecule has 5 heteroatoms. The lowest BCUT2D eigenvalue weighted by molar-refractivity contribution is 0.579. The standard InChI is InChI=1S/C6H7ClFN3/c1-11(2)6-9-3-4(7)5(8)10-6/h3H,1-2H3. The minimum atomic E-state index is -0.689.